The summed E-state index contributed by atoms with van der Waals surface area (Å²) in [5.74, 6) is 0.923. The number of aromatic nitrogens is 2. The van der Waals surface area contributed by atoms with Crippen molar-refractivity contribution in [2.24, 2.45) is 11.3 Å². The second-order valence-electron chi connectivity index (χ2n) is 5.89. The molecule has 0 aliphatic heterocycles. The molecule has 1 N–H and O–H groups in total. The fourth-order valence-corrected chi connectivity index (χ4v) is 3.26. The van der Waals surface area contributed by atoms with Gasteiger partial charge in [-0.2, -0.15) is 5.10 Å². The zero-order valence-electron chi connectivity index (χ0n) is 11.3. The maximum absolute atomic E-state index is 12.1. The van der Waals surface area contributed by atoms with Crippen LogP contribution in [0.15, 0.2) is 15.5 Å². The van der Waals surface area contributed by atoms with Crippen molar-refractivity contribution >= 4 is 21.6 Å². The van der Waals surface area contributed by atoms with E-state index in [1.54, 1.807) is 6.20 Å². The highest BCUT2D eigenvalue weighted by atomic mass is 79.9. The standard InChI is InChI=1S/C14H20BrN3O/c1-2-7-18-13(19)12(15)11(8-17-18)16-9-14(5-6-14)10-3-4-10/h8,10,16H,2-7,9H2,1H3. The van der Waals surface area contributed by atoms with Crippen molar-refractivity contribution in [1.29, 1.82) is 0 Å². The molecule has 2 saturated carbocycles. The molecule has 0 atom stereocenters. The van der Waals surface area contributed by atoms with E-state index in [4.69, 9.17) is 0 Å². The topological polar surface area (TPSA) is 46.9 Å². The van der Waals surface area contributed by atoms with Gasteiger partial charge in [-0.05, 0) is 59.4 Å². The SMILES string of the molecule is CCCn1ncc(NCC2(C3CC3)CC2)c(Br)c1=O. The minimum absolute atomic E-state index is 0.0388. The largest absolute Gasteiger partial charge is 0.382 e. The molecular weight excluding hydrogens is 306 g/mol. The third-order valence-corrected chi connectivity index (χ3v) is 5.15. The Labute approximate surface area is 121 Å². The Morgan fingerprint density at radius 1 is 1.53 bits per heavy atom. The predicted molar refractivity (Wildman–Crippen MR) is 79.4 cm³/mol. The molecule has 0 saturated heterocycles. The normalized spacial score (nSPS) is 20.3. The zero-order chi connectivity index (χ0) is 13.5. The highest BCUT2D eigenvalue weighted by Crippen LogP contribution is 2.61. The van der Waals surface area contributed by atoms with Crippen LogP contribution < -0.4 is 10.9 Å². The van der Waals surface area contributed by atoms with Crippen LogP contribution in [0, 0.1) is 11.3 Å². The summed E-state index contributed by atoms with van der Waals surface area (Å²) in [6.07, 6.45) is 8.13. The van der Waals surface area contributed by atoms with Crippen molar-refractivity contribution in [3.8, 4) is 0 Å². The Bertz CT molecular complexity index is 532. The number of hydrogen-bond acceptors (Lipinski definition) is 3. The lowest BCUT2D eigenvalue weighted by atomic mass is 10.0. The predicted octanol–water partition coefficient (Wildman–Crippen LogP) is 3.02. The average Bonchev–Trinajstić information content (AvgIpc) is 3.27. The van der Waals surface area contributed by atoms with Crippen LogP contribution in [-0.2, 0) is 6.54 Å². The molecule has 0 radical (unpaired) electrons. The molecule has 0 amide bonds. The van der Waals surface area contributed by atoms with E-state index in [9.17, 15) is 4.79 Å². The van der Waals surface area contributed by atoms with Crippen molar-refractivity contribution in [3.05, 3.63) is 21.0 Å². The summed E-state index contributed by atoms with van der Waals surface area (Å²) in [6.45, 7) is 3.69. The van der Waals surface area contributed by atoms with E-state index in [1.165, 1.54) is 30.4 Å². The first-order chi connectivity index (χ1) is 9.16. The van der Waals surface area contributed by atoms with Crippen molar-refractivity contribution < 1.29 is 0 Å². The van der Waals surface area contributed by atoms with Gasteiger partial charge in [0, 0.05) is 13.1 Å². The van der Waals surface area contributed by atoms with Gasteiger partial charge in [0.15, 0.2) is 0 Å². The minimum atomic E-state index is -0.0388. The first kappa shape index (κ1) is 13.2. The summed E-state index contributed by atoms with van der Waals surface area (Å²) in [5, 5.41) is 7.65. The molecule has 19 heavy (non-hydrogen) atoms. The van der Waals surface area contributed by atoms with Crippen molar-refractivity contribution in [2.75, 3.05) is 11.9 Å². The molecule has 0 spiro atoms. The van der Waals surface area contributed by atoms with Gasteiger partial charge >= 0.3 is 0 Å². The van der Waals surface area contributed by atoms with Crippen LogP contribution in [0.2, 0.25) is 0 Å². The lowest BCUT2D eigenvalue weighted by Crippen LogP contribution is -2.25. The van der Waals surface area contributed by atoms with Gasteiger partial charge in [0.1, 0.15) is 4.47 Å². The summed E-state index contributed by atoms with van der Waals surface area (Å²) in [4.78, 5) is 12.1. The minimum Gasteiger partial charge on any atom is -0.382 e. The first-order valence-corrected chi connectivity index (χ1v) is 7.95. The molecule has 0 bridgehead atoms. The van der Waals surface area contributed by atoms with E-state index >= 15 is 0 Å². The molecular formula is C14H20BrN3O. The van der Waals surface area contributed by atoms with Crippen LogP contribution in [-0.4, -0.2) is 16.3 Å². The van der Waals surface area contributed by atoms with Crippen LogP contribution in [0.4, 0.5) is 5.69 Å². The number of anilines is 1. The van der Waals surface area contributed by atoms with Crippen molar-refractivity contribution in [2.45, 2.75) is 45.6 Å². The maximum Gasteiger partial charge on any atom is 0.283 e. The highest BCUT2D eigenvalue weighted by molar-refractivity contribution is 9.10. The van der Waals surface area contributed by atoms with Crippen molar-refractivity contribution in [3.63, 3.8) is 0 Å². The molecule has 0 aromatic carbocycles. The third-order valence-electron chi connectivity index (χ3n) is 4.39. The molecule has 2 fully saturated rings. The van der Waals surface area contributed by atoms with Crippen LogP contribution in [0.25, 0.3) is 0 Å². The lowest BCUT2D eigenvalue weighted by molar-refractivity contribution is 0.466. The van der Waals surface area contributed by atoms with Crippen LogP contribution in [0.1, 0.15) is 39.0 Å². The lowest BCUT2D eigenvalue weighted by Gasteiger charge is -2.16. The summed E-state index contributed by atoms with van der Waals surface area (Å²) in [6, 6.07) is 0. The molecule has 3 rings (SSSR count). The summed E-state index contributed by atoms with van der Waals surface area (Å²) < 4.78 is 2.13. The third kappa shape index (κ3) is 2.57. The molecule has 0 unspecified atom stereocenters. The van der Waals surface area contributed by atoms with E-state index in [0.29, 0.717) is 16.4 Å². The van der Waals surface area contributed by atoms with E-state index in [1.807, 2.05) is 6.92 Å². The summed E-state index contributed by atoms with van der Waals surface area (Å²) in [5.41, 5.74) is 1.32. The number of aryl methyl sites for hydroxylation is 1. The molecule has 1 heterocycles. The summed E-state index contributed by atoms with van der Waals surface area (Å²) in [7, 11) is 0. The molecule has 2 aliphatic carbocycles. The Balaban J connectivity index is 1.71. The van der Waals surface area contributed by atoms with E-state index in [-0.39, 0.29) is 5.56 Å². The quantitative estimate of drug-likeness (QED) is 0.874. The van der Waals surface area contributed by atoms with Gasteiger partial charge in [-0.25, -0.2) is 4.68 Å². The van der Waals surface area contributed by atoms with Gasteiger partial charge in [-0.3, -0.25) is 4.79 Å². The van der Waals surface area contributed by atoms with Gasteiger partial charge in [-0.1, -0.05) is 6.92 Å². The number of halogens is 1. The average molecular weight is 326 g/mol. The number of hydrogen-bond donors (Lipinski definition) is 1. The van der Waals surface area contributed by atoms with Crippen LogP contribution in [0.3, 0.4) is 0 Å². The molecule has 1 aromatic rings. The molecule has 1 aromatic heterocycles. The zero-order valence-corrected chi connectivity index (χ0v) is 12.9. The van der Waals surface area contributed by atoms with E-state index < -0.39 is 0 Å². The van der Waals surface area contributed by atoms with Crippen molar-refractivity contribution in [1.82, 2.24) is 9.78 Å². The van der Waals surface area contributed by atoms with Gasteiger partial charge < -0.3 is 5.32 Å². The number of rotatable bonds is 6. The van der Waals surface area contributed by atoms with Gasteiger partial charge in [-0.15, -0.1) is 0 Å². The fraction of sp³-hybridized carbons (Fsp3) is 0.714. The van der Waals surface area contributed by atoms with Crippen LogP contribution >= 0.6 is 15.9 Å². The number of nitrogens with one attached hydrogen (secondary N) is 1. The maximum atomic E-state index is 12.1. The molecule has 4 nitrogen and oxygen atoms in total. The second kappa shape index (κ2) is 4.93. The van der Waals surface area contributed by atoms with E-state index in [0.717, 1.165) is 24.6 Å². The first-order valence-electron chi connectivity index (χ1n) is 7.16. The molecule has 5 heteroatoms. The van der Waals surface area contributed by atoms with Crippen LogP contribution in [0.5, 0.6) is 0 Å². The molecule has 104 valence electrons. The van der Waals surface area contributed by atoms with Gasteiger partial charge in [0.05, 0.1) is 11.9 Å². The smallest absolute Gasteiger partial charge is 0.283 e. The Kier molecular flexibility index (Phi) is 3.41. The second-order valence-corrected chi connectivity index (χ2v) is 6.68. The Morgan fingerprint density at radius 2 is 2.26 bits per heavy atom. The van der Waals surface area contributed by atoms with Gasteiger partial charge in [0.2, 0.25) is 0 Å². The van der Waals surface area contributed by atoms with Gasteiger partial charge in [0.25, 0.3) is 5.56 Å². The fourth-order valence-electron chi connectivity index (χ4n) is 2.82. The summed E-state index contributed by atoms with van der Waals surface area (Å²) >= 11 is 3.41. The molecule has 2 aliphatic rings. The van der Waals surface area contributed by atoms with E-state index in [2.05, 4.69) is 26.3 Å². The Morgan fingerprint density at radius 3 is 2.84 bits per heavy atom. The monoisotopic (exact) mass is 325 g/mol. The Hall–Kier alpha value is -0.840. The number of nitrogens with zero attached hydrogens (tertiary/aromatic N) is 2. The highest BCUT2D eigenvalue weighted by Gasteiger charge is 2.53.